The van der Waals surface area contributed by atoms with Crippen LogP contribution in [-0.4, -0.2) is 37.0 Å². The number of likely N-dealkylation sites (tertiary alicyclic amines) is 1. The van der Waals surface area contributed by atoms with E-state index in [1.54, 1.807) is 55.3 Å². The zero-order valence-electron chi connectivity index (χ0n) is 17.6. The Morgan fingerprint density at radius 1 is 1.17 bits per heavy atom. The lowest BCUT2D eigenvalue weighted by atomic mass is 9.88. The Hall–Kier alpha value is -3.09. The third-order valence-corrected chi connectivity index (χ3v) is 5.47. The fourth-order valence-electron chi connectivity index (χ4n) is 3.80. The molecule has 3 amide bonds. The number of halogens is 1. The number of piperidine rings is 1. The number of benzene rings is 2. The highest BCUT2D eigenvalue weighted by molar-refractivity contribution is 5.93. The van der Waals surface area contributed by atoms with E-state index in [2.05, 4.69) is 10.6 Å². The average molecular weight is 413 g/mol. The standard InChI is InChI=1S/C23H28FN3O3/c1-4-25-23(29)27-14-17(22(28)26-18-7-9-19(30-3)10-8-18)6-12-21(27)16-5-11-20(24)15(2)13-16/h5,7-11,13,17,21H,4,6,12,14H2,1-3H3,(H,25,29)(H,26,28). The molecule has 1 aliphatic heterocycles. The monoisotopic (exact) mass is 413 g/mol. The summed E-state index contributed by atoms with van der Waals surface area (Å²) in [4.78, 5) is 27.3. The van der Waals surface area contributed by atoms with E-state index >= 15 is 0 Å². The fourth-order valence-corrected chi connectivity index (χ4v) is 3.80. The lowest BCUT2D eigenvalue weighted by Crippen LogP contribution is -2.49. The van der Waals surface area contributed by atoms with Crippen molar-refractivity contribution in [3.63, 3.8) is 0 Å². The van der Waals surface area contributed by atoms with Gasteiger partial charge in [0, 0.05) is 18.8 Å². The molecule has 2 unspecified atom stereocenters. The summed E-state index contributed by atoms with van der Waals surface area (Å²) < 4.78 is 18.8. The Balaban J connectivity index is 1.75. The number of nitrogens with zero attached hydrogens (tertiary/aromatic N) is 1. The highest BCUT2D eigenvalue weighted by Crippen LogP contribution is 2.34. The first-order valence-electron chi connectivity index (χ1n) is 10.2. The van der Waals surface area contributed by atoms with Crippen molar-refractivity contribution in [2.75, 3.05) is 25.5 Å². The number of methoxy groups -OCH3 is 1. The largest absolute Gasteiger partial charge is 0.497 e. The zero-order chi connectivity index (χ0) is 21.7. The zero-order valence-corrected chi connectivity index (χ0v) is 17.6. The summed E-state index contributed by atoms with van der Waals surface area (Å²) in [5.74, 6) is -0.00270. The molecule has 1 heterocycles. The van der Waals surface area contributed by atoms with Crippen molar-refractivity contribution in [2.45, 2.75) is 32.7 Å². The maximum Gasteiger partial charge on any atom is 0.317 e. The number of hydrogen-bond acceptors (Lipinski definition) is 3. The molecule has 0 radical (unpaired) electrons. The molecule has 0 aromatic heterocycles. The minimum atomic E-state index is -0.326. The van der Waals surface area contributed by atoms with Crippen LogP contribution in [0.1, 0.15) is 36.9 Å². The number of ether oxygens (including phenoxy) is 1. The van der Waals surface area contributed by atoms with Crippen LogP contribution in [0.5, 0.6) is 5.75 Å². The number of amides is 3. The molecule has 160 valence electrons. The topological polar surface area (TPSA) is 70.7 Å². The maximum atomic E-state index is 13.7. The highest BCUT2D eigenvalue weighted by Gasteiger charge is 2.35. The molecule has 0 spiro atoms. The number of rotatable bonds is 5. The van der Waals surface area contributed by atoms with E-state index in [1.165, 1.54) is 6.07 Å². The molecule has 0 bridgehead atoms. The van der Waals surface area contributed by atoms with Crippen molar-refractivity contribution in [3.8, 4) is 5.75 Å². The normalized spacial score (nSPS) is 18.6. The Morgan fingerprint density at radius 3 is 2.53 bits per heavy atom. The summed E-state index contributed by atoms with van der Waals surface area (Å²) in [5, 5.41) is 5.75. The summed E-state index contributed by atoms with van der Waals surface area (Å²) >= 11 is 0. The third kappa shape index (κ3) is 4.90. The van der Waals surface area contributed by atoms with Crippen LogP contribution in [0.2, 0.25) is 0 Å². The van der Waals surface area contributed by atoms with Crippen LogP contribution < -0.4 is 15.4 Å². The van der Waals surface area contributed by atoms with Gasteiger partial charge in [-0.25, -0.2) is 9.18 Å². The first-order valence-corrected chi connectivity index (χ1v) is 10.2. The van der Waals surface area contributed by atoms with Crippen LogP contribution >= 0.6 is 0 Å². The Labute approximate surface area is 176 Å². The van der Waals surface area contributed by atoms with Gasteiger partial charge in [-0.3, -0.25) is 4.79 Å². The summed E-state index contributed by atoms with van der Waals surface area (Å²) in [7, 11) is 1.59. The molecule has 6 nitrogen and oxygen atoms in total. The van der Waals surface area contributed by atoms with Crippen molar-refractivity contribution >= 4 is 17.6 Å². The number of hydrogen-bond donors (Lipinski definition) is 2. The first kappa shape index (κ1) is 21.6. The van der Waals surface area contributed by atoms with Crippen LogP contribution in [0.15, 0.2) is 42.5 Å². The van der Waals surface area contributed by atoms with E-state index in [-0.39, 0.29) is 29.7 Å². The molecule has 2 aromatic rings. The van der Waals surface area contributed by atoms with Crippen LogP contribution in [0.3, 0.4) is 0 Å². The quantitative estimate of drug-likeness (QED) is 0.769. The molecule has 0 saturated carbocycles. The first-order chi connectivity index (χ1) is 14.4. The lowest BCUT2D eigenvalue weighted by Gasteiger charge is -2.39. The molecule has 3 rings (SSSR count). The predicted molar refractivity (Wildman–Crippen MR) is 114 cm³/mol. The highest BCUT2D eigenvalue weighted by atomic mass is 19.1. The maximum absolute atomic E-state index is 13.7. The van der Waals surface area contributed by atoms with Crippen LogP contribution in [-0.2, 0) is 4.79 Å². The Bertz CT molecular complexity index is 901. The van der Waals surface area contributed by atoms with E-state index in [9.17, 15) is 14.0 Å². The second-order valence-corrected chi connectivity index (χ2v) is 7.50. The van der Waals surface area contributed by atoms with E-state index in [4.69, 9.17) is 4.74 Å². The van der Waals surface area contributed by atoms with Gasteiger partial charge in [-0.1, -0.05) is 12.1 Å². The van der Waals surface area contributed by atoms with Crippen molar-refractivity contribution in [2.24, 2.45) is 5.92 Å². The van der Waals surface area contributed by atoms with Gasteiger partial charge in [0.25, 0.3) is 0 Å². The van der Waals surface area contributed by atoms with Gasteiger partial charge in [0.05, 0.1) is 19.1 Å². The summed E-state index contributed by atoms with van der Waals surface area (Å²) in [6.07, 6.45) is 1.27. The number of aryl methyl sites for hydroxylation is 1. The van der Waals surface area contributed by atoms with Crippen LogP contribution in [0, 0.1) is 18.7 Å². The second-order valence-electron chi connectivity index (χ2n) is 7.50. The van der Waals surface area contributed by atoms with Crippen LogP contribution in [0.4, 0.5) is 14.9 Å². The number of nitrogens with one attached hydrogen (secondary N) is 2. The SMILES string of the molecule is CCNC(=O)N1CC(C(=O)Nc2ccc(OC)cc2)CCC1c1ccc(F)c(C)c1. The molecule has 2 atom stereocenters. The van der Waals surface area contributed by atoms with E-state index in [0.29, 0.717) is 42.9 Å². The average Bonchev–Trinajstić information content (AvgIpc) is 2.76. The second kappa shape index (κ2) is 9.61. The van der Waals surface area contributed by atoms with Crippen molar-refractivity contribution < 1.29 is 18.7 Å². The van der Waals surface area contributed by atoms with Gasteiger partial charge in [-0.05, 0) is 68.1 Å². The molecular formula is C23H28FN3O3. The lowest BCUT2D eigenvalue weighted by molar-refractivity contribution is -0.121. The molecule has 1 saturated heterocycles. The molecule has 2 N–H and O–H groups in total. The number of carbonyl (C=O) groups is 2. The van der Waals surface area contributed by atoms with Gasteiger partial charge in [-0.2, -0.15) is 0 Å². The summed E-state index contributed by atoms with van der Waals surface area (Å²) in [6.45, 7) is 4.36. The summed E-state index contributed by atoms with van der Waals surface area (Å²) in [5.41, 5.74) is 2.11. The number of urea groups is 1. The molecule has 0 aliphatic carbocycles. The molecule has 2 aromatic carbocycles. The van der Waals surface area contributed by atoms with Crippen molar-refractivity contribution in [1.82, 2.24) is 10.2 Å². The minimum Gasteiger partial charge on any atom is -0.497 e. The molecule has 7 heteroatoms. The number of carbonyl (C=O) groups excluding carboxylic acids is 2. The van der Waals surface area contributed by atoms with Crippen molar-refractivity contribution in [3.05, 3.63) is 59.4 Å². The van der Waals surface area contributed by atoms with Gasteiger partial charge >= 0.3 is 6.03 Å². The fraction of sp³-hybridized carbons (Fsp3) is 0.391. The van der Waals surface area contributed by atoms with E-state index < -0.39 is 0 Å². The molecular weight excluding hydrogens is 385 g/mol. The molecule has 1 fully saturated rings. The van der Waals surface area contributed by atoms with Gasteiger partial charge < -0.3 is 20.3 Å². The van der Waals surface area contributed by atoms with Gasteiger partial charge in [0.2, 0.25) is 5.91 Å². The van der Waals surface area contributed by atoms with E-state index in [0.717, 1.165) is 5.56 Å². The molecule has 30 heavy (non-hydrogen) atoms. The Morgan fingerprint density at radius 2 is 1.90 bits per heavy atom. The minimum absolute atomic E-state index is 0.122. The summed E-state index contributed by atoms with van der Waals surface area (Å²) in [6, 6.07) is 11.7. The van der Waals surface area contributed by atoms with Gasteiger partial charge in [0.15, 0.2) is 0 Å². The number of anilines is 1. The van der Waals surface area contributed by atoms with Gasteiger partial charge in [0.1, 0.15) is 11.6 Å². The van der Waals surface area contributed by atoms with Crippen LogP contribution in [0.25, 0.3) is 0 Å². The smallest absolute Gasteiger partial charge is 0.317 e. The molecule has 1 aliphatic rings. The van der Waals surface area contributed by atoms with E-state index in [1.807, 2.05) is 6.92 Å². The van der Waals surface area contributed by atoms with Crippen molar-refractivity contribution in [1.29, 1.82) is 0 Å². The Kier molecular flexibility index (Phi) is 6.92. The predicted octanol–water partition coefficient (Wildman–Crippen LogP) is 4.26. The van der Waals surface area contributed by atoms with Gasteiger partial charge in [-0.15, -0.1) is 0 Å². The third-order valence-electron chi connectivity index (χ3n) is 5.47.